The first kappa shape index (κ1) is 18.5. The molecule has 0 aliphatic rings. The molecular weight excluding hydrogens is 387 g/mol. The van der Waals surface area contributed by atoms with Crippen molar-refractivity contribution in [3.63, 3.8) is 0 Å². The topological polar surface area (TPSA) is 93.8 Å². The van der Waals surface area contributed by atoms with Gasteiger partial charge in [0.1, 0.15) is 5.69 Å². The van der Waals surface area contributed by atoms with Crippen LogP contribution in [-0.2, 0) is 6.18 Å². The summed E-state index contributed by atoms with van der Waals surface area (Å²) in [4.78, 5) is 19.5. The summed E-state index contributed by atoms with van der Waals surface area (Å²) < 4.78 is 40.9. The predicted octanol–water partition coefficient (Wildman–Crippen LogP) is 3.90. The molecule has 0 radical (unpaired) electrons. The summed E-state index contributed by atoms with van der Waals surface area (Å²) in [7, 11) is 0. The van der Waals surface area contributed by atoms with Crippen molar-refractivity contribution >= 4 is 17.0 Å². The van der Waals surface area contributed by atoms with Crippen LogP contribution in [0.1, 0.15) is 21.6 Å². The van der Waals surface area contributed by atoms with E-state index in [4.69, 9.17) is 5.11 Å². The van der Waals surface area contributed by atoms with Gasteiger partial charge in [-0.3, -0.25) is 9.55 Å². The molecule has 3 aromatic heterocycles. The maximum Gasteiger partial charge on any atom is 0.416 e. The number of benzene rings is 1. The monoisotopic (exact) mass is 399 g/mol. The second-order valence-electron chi connectivity index (χ2n) is 6.24. The highest BCUT2D eigenvalue weighted by Crippen LogP contribution is 2.33. The molecule has 3 heterocycles. The summed E-state index contributed by atoms with van der Waals surface area (Å²) in [5.74, 6) is -0.580. The van der Waals surface area contributed by atoms with Gasteiger partial charge in [-0.25, -0.2) is 9.78 Å². The van der Waals surface area contributed by atoms with Crippen molar-refractivity contribution in [2.45, 2.75) is 13.1 Å². The van der Waals surface area contributed by atoms with Gasteiger partial charge in [-0.2, -0.15) is 18.3 Å². The molecule has 0 unspecified atom stereocenters. The average Bonchev–Trinajstić information content (AvgIpc) is 3.07. The highest BCUT2D eigenvalue weighted by atomic mass is 19.4. The van der Waals surface area contributed by atoms with Crippen molar-refractivity contribution in [2.75, 3.05) is 0 Å². The first-order chi connectivity index (χ1) is 13.7. The molecule has 0 fully saturated rings. The molecule has 146 valence electrons. The lowest BCUT2D eigenvalue weighted by atomic mass is 10.2. The average molecular weight is 399 g/mol. The van der Waals surface area contributed by atoms with Crippen LogP contribution in [0.25, 0.3) is 28.4 Å². The number of aromatic carboxylic acids is 1. The number of hydrogen-bond acceptors (Lipinski definition) is 5. The number of aryl methyl sites for hydroxylation is 1. The van der Waals surface area contributed by atoms with Gasteiger partial charge in [-0.05, 0) is 49.4 Å². The molecule has 0 atom stereocenters. The second kappa shape index (κ2) is 6.66. The number of pyridine rings is 1. The van der Waals surface area contributed by atoms with Crippen molar-refractivity contribution in [3.8, 4) is 17.3 Å². The third kappa shape index (κ3) is 3.40. The SMILES string of the molecule is Cc1ccc(-n2c(-c3ccc(C(=O)O)cn3)nc3cc(C(F)(F)F)ccc32)nn1. The first-order valence-electron chi connectivity index (χ1n) is 8.34. The molecule has 10 heteroatoms. The number of halogens is 3. The van der Waals surface area contributed by atoms with E-state index in [1.54, 1.807) is 19.1 Å². The lowest BCUT2D eigenvalue weighted by molar-refractivity contribution is -0.137. The molecule has 4 rings (SSSR count). The molecule has 0 saturated carbocycles. The van der Waals surface area contributed by atoms with Crippen LogP contribution in [0.4, 0.5) is 13.2 Å². The lowest BCUT2D eigenvalue weighted by Gasteiger charge is -2.09. The number of carboxylic acid groups (broad SMARTS) is 1. The van der Waals surface area contributed by atoms with E-state index in [1.165, 1.54) is 22.8 Å². The Labute approximate surface area is 161 Å². The molecule has 1 aromatic carbocycles. The number of carbonyl (C=O) groups is 1. The fraction of sp³-hybridized carbons (Fsp3) is 0.105. The Balaban J connectivity index is 1.97. The lowest BCUT2D eigenvalue weighted by Crippen LogP contribution is -2.05. The van der Waals surface area contributed by atoms with Crippen molar-refractivity contribution in [1.29, 1.82) is 0 Å². The third-order valence-corrected chi connectivity index (χ3v) is 4.23. The molecule has 0 spiro atoms. The summed E-state index contributed by atoms with van der Waals surface area (Å²) in [6.45, 7) is 1.76. The molecule has 1 N–H and O–H groups in total. The van der Waals surface area contributed by atoms with Crippen LogP contribution in [-0.4, -0.2) is 35.8 Å². The number of fused-ring (bicyclic) bond motifs is 1. The van der Waals surface area contributed by atoms with Gasteiger partial charge >= 0.3 is 12.1 Å². The molecule has 0 aliphatic carbocycles. The first-order valence-corrected chi connectivity index (χ1v) is 8.34. The second-order valence-corrected chi connectivity index (χ2v) is 6.24. The van der Waals surface area contributed by atoms with Crippen LogP contribution in [0.15, 0.2) is 48.7 Å². The van der Waals surface area contributed by atoms with E-state index in [-0.39, 0.29) is 22.6 Å². The number of carboxylic acids is 1. The molecule has 0 aliphatic heterocycles. The largest absolute Gasteiger partial charge is 0.478 e. The van der Waals surface area contributed by atoms with E-state index in [0.717, 1.165) is 18.3 Å². The van der Waals surface area contributed by atoms with Crippen molar-refractivity contribution in [1.82, 2.24) is 24.7 Å². The third-order valence-electron chi connectivity index (χ3n) is 4.23. The number of hydrogen-bond donors (Lipinski definition) is 1. The number of nitrogens with zero attached hydrogens (tertiary/aromatic N) is 5. The smallest absolute Gasteiger partial charge is 0.416 e. The van der Waals surface area contributed by atoms with Gasteiger partial charge in [0.15, 0.2) is 11.6 Å². The highest BCUT2D eigenvalue weighted by molar-refractivity contribution is 5.88. The maximum absolute atomic E-state index is 13.1. The summed E-state index contributed by atoms with van der Waals surface area (Å²) >= 11 is 0. The molecule has 0 amide bonds. The normalized spacial score (nSPS) is 11.7. The summed E-state index contributed by atoms with van der Waals surface area (Å²) in [5.41, 5.74) is 0.581. The van der Waals surface area contributed by atoms with Crippen LogP contribution in [0, 0.1) is 6.92 Å². The Morgan fingerprint density at radius 2 is 1.86 bits per heavy atom. The van der Waals surface area contributed by atoms with Crippen molar-refractivity contribution in [3.05, 3.63) is 65.5 Å². The minimum absolute atomic E-state index is 0.0223. The Morgan fingerprint density at radius 3 is 2.45 bits per heavy atom. The van der Waals surface area contributed by atoms with E-state index in [0.29, 0.717) is 17.0 Å². The number of alkyl halides is 3. The number of imidazole rings is 1. The van der Waals surface area contributed by atoms with Crippen molar-refractivity contribution < 1.29 is 23.1 Å². The highest BCUT2D eigenvalue weighted by Gasteiger charge is 2.31. The maximum atomic E-state index is 13.1. The quantitative estimate of drug-likeness (QED) is 0.562. The Bertz CT molecular complexity index is 1220. The van der Waals surface area contributed by atoms with Gasteiger partial charge in [0.25, 0.3) is 0 Å². The zero-order valence-electron chi connectivity index (χ0n) is 14.8. The Hall–Kier alpha value is -3.82. The van der Waals surface area contributed by atoms with E-state index in [9.17, 15) is 18.0 Å². The molecule has 0 bridgehead atoms. The molecule has 29 heavy (non-hydrogen) atoms. The summed E-state index contributed by atoms with van der Waals surface area (Å²) in [6.07, 6.45) is -3.35. The fourth-order valence-electron chi connectivity index (χ4n) is 2.82. The zero-order valence-corrected chi connectivity index (χ0v) is 14.8. The van der Waals surface area contributed by atoms with Gasteiger partial charge in [0.05, 0.1) is 27.9 Å². The Morgan fingerprint density at radius 1 is 1.07 bits per heavy atom. The van der Waals surface area contributed by atoms with Crippen molar-refractivity contribution in [2.24, 2.45) is 0 Å². The fourth-order valence-corrected chi connectivity index (χ4v) is 2.82. The zero-order chi connectivity index (χ0) is 20.8. The summed E-state index contributed by atoms with van der Waals surface area (Å²) in [5, 5.41) is 17.1. The van der Waals surface area contributed by atoms with Crippen LogP contribution < -0.4 is 0 Å². The standard InChI is InChI=1S/C19H12F3N5O2/c1-10-2-7-16(26-25-10)27-15-6-4-12(19(20,21)22)8-14(15)24-17(27)13-5-3-11(9-23-13)18(28)29/h2-9H,1H3,(H,28,29). The summed E-state index contributed by atoms with van der Waals surface area (Å²) in [6, 6.07) is 9.38. The minimum atomic E-state index is -4.51. The molecule has 4 aromatic rings. The van der Waals surface area contributed by atoms with E-state index in [1.807, 2.05) is 0 Å². The van der Waals surface area contributed by atoms with Gasteiger partial charge in [0, 0.05) is 6.20 Å². The van der Waals surface area contributed by atoms with E-state index in [2.05, 4.69) is 20.2 Å². The van der Waals surface area contributed by atoms with Crippen LogP contribution in [0.5, 0.6) is 0 Å². The number of aromatic nitrogens is 5. The van der Waals surface area contributed by atoms with Gasteiger partial charge in [-0.1, -0.05) is 0 Å². The minimum Gasteiger partial charge on any atom is -0.478 e. The molecular formula is C19H12F3N5O2. The predicted molar refractivity (Wildman–Crippen MR) is 96.6 cm³/mol. The number of rotatable bonds is 3. The van der Waals surface area contributed by atoms with Crippen LogP contribution >= 0.6 is 0 Å². The van der Waals surface area contributed by atoms with E-state index >= 15 is 0 Å². The molecule has 0 saturated heterocycles. The molecule has 7 nitrogen and oxygen atoms in total. The van der Waals surface area contributed by atoms with E-state index < -0.39 is 17.7 Å². The Kier molecular flexibility index (Phi) is 4.26. The van der Waals surface area contributed by atoms with Crippen LogP contribution in [0.3, 0.4) is 0 Å². The van der Waals surface area contributed by atoms with Gasteiger partial charge in [-0.15, -0.1) is 5.10 Å². The van der Waals surface area contributed by atoms with Gasteiger partial charge < -0.3 is 5.11 Å². The van der Waals surface area contributed by atoms with Crippen LogP contribution in [0.2, 0.25) is 0 Å². The van der Waals surface area contributed by atoms with Gasteiger partial charge in [0.2, 0.25) is 0 Å².